The second kappa shape index (κ2) is 10.5. The highest BCUT2D eigenvalue weighted by atomic mass is 16.3. The summed E-state index contributed by atoms with van der Waals surface area (Å²) >= 11 is 0. The van der Waals surface area contributed by atoms with E-state index in [-0.39, 0.29) is 12.1 Å². The van der Waals surface area contributed by atoms with Crippen LogP contribution >= 0.6 is 0 Å². The van der Waals surface area contributed by atoms with Gasteiger partial charge in [-0.25, -0.2) is 19.9 Å². The summed E-state index contributed by atoms with van der Waals surface area (Å²) in [5.74, 6) is 2.20. The van der Waals surface area contributed by atoms with Crippen LogP contribution in [-0.4, -0.2) is 44.2 Å². The minimum absolute atomic E-state index is 0.0191. The van der Waals surface area contributed by atoms with Gasteiger partial charge in [0.2, 0.25) is 5.95 Å². The van der Waals surface area contributed by atoms with Gasteiger partial charge in [0.25, 0.3) is 0 Å². The number of aromatic nitrogens is 4. The van der Waals surface area contributed by atoms with Crippen LogP contribution in [0.25, 0.3) is 33.4 Å². The molecule has 1 atom stereocenters. The number of aliphatic hydroxyl groups is 1. The summed E-state index contributed by atoms with van der Waals surface area (Å²) in [5, 5.41) is 14.4. The van der Waals surface area contributed by atoms with E-state index in [2.05, 4.69) is 62.4 Å². The van der Waals surface area contributed by atoms with E-state index in [1.807, 2.05) is 44.4 Å². The first kappa shape index (κ1) is 25.0. The third kappa shape index (κ3) is 5.33. The summed E-state index contributed by atoms with van der Waals surface area (Å²) in [4.78, 5) is 20.7. The molecule has 0 bridgehead atoms. The van der Waals surface area contributed by atoms with Crippen molar-refractivity contribution in [2.45, 2.75) is 45.8 Å². The predicted molar refractivity (Wildman–Crippen MR) is 154 cm³/mol. The molecule has 198 valence electrons. The zero-order valence-corrected chi connectivity index (χ0v) is 22.4. The Morgan fingerprint density at radius 3 is 2.54 bits per heavy atom. The largest absolute Gasteiger partial charge is 0.464 e. The Balaban J connectivity index is 1.20. The third-order valence-corrected chi connectivity index (χ3v) is 7.37. The van der Waals surface area contributed by atoms with Gasteiger partial charge in [0.1, 0.15) is 17.2 Å². The topological polar surface area (TPSA) is 100 Å². The second-order valence-electron chi connectivity index (χ2n) is 10.3. The van der Waals surface area contributed by atoms with Crippen molar-refractivity contribution in [1.29, 1.82) is 0 Å². The second-order valence-corrected chi connectivity index (χ2v) is 10.3. The number of piperidine rings is 1. The van der Waals surface area contributed by atoms with Gasteiger partial charge >= 0.3 is 0 Å². The van der Waals surface area contributed by atoms with Gasteiger partial charge in [0.15, 0.2) is 0 Å². The fraction of sp³-hybridized carbons (Fsp3) is 0.290. The average Bonchev–Trinajstić information content (AvgIpc) is 3.33. The predicted octanol–water partition coefficient (Wildman–Crippen LogP) is 6.10. The summed E-state index contributed by atoms with van der Waals surface area (Å²) in [5.41, 5.74) is 7.04. The van der Waals surface area contributed by atoms with Crippen molar-refractivity contribution >= 4 is 22.7 Å². The van der Waals surface area contributed by atoms with Gasteiger partial charge in [-0.15, -0.1) is 0 Å². The minimum atomic E-state index is -0.215. The highest BCUT2D eigenvalue weighted by molar-refractivity contribution is 5.85. The quantitative estimate of drug-likeness (QED) is 0.277. The molecule has 5 aromatic rings. The number of anilines is 2. The lowest BCUT2D eigenvalue weighted by atomic mass is 10.0. The van der Waals surface area contributed by atoms with E-state index in [9.17, 15) is 5.11 Å². The normalized spacial score (nSPS) is 15.0. The Labute approximate surface area is 227 Å². The van der Waals surface area contributed by atoms with Gasteiger partial charge < -0.3 is 19.7 Å². The van der Waals surface area contributed by atoms with Gasteiger partial charge in [-0.05, 0) is 74.6 Å². The summed E-state index contributed by atoms with van der Waals surface area (Å²) in [6, 6.07) is 16.6. The Morgan fingerprint density at radius 1 is 0.949 bits per heavy atom. The number of furan rings is 1. The molecule has 4 heterocycles. The molecule has 2 aromatic carbocycles. The molecule has 3 aromatic heterocycles. The first-order valence-corrected chi connectivity index (χ1v) is 13.4. The third-order valence-electron chi connectivity index (χ3n) is 7.37. The highest BCUT2D eigenvalue weighted by Gasteiger charge is 2.19. The molecule has 0 amide bonds. The maximum absolute atomic E-state index is 9.76. The molecule has 8 heteroatoms. The van der Waals surface area contributed by atoms with Crippen molar-refractivity contribution in [2.24, 2.45) is 0 Å². The van der Waals surface area contributed by atoms with Crippen LogP contribution in [-0.2, 0) is 0 Å². The van der Waals surface area contributed by atoms with E-state index < -0.39 is 0 Å². The first-order valence-electron chi connectivity index (χ1n) is 13.4. The fourth-order valence-electron chi connectivity index (χ4n) is 5.10. The maximum atomic E-state index is 9.76. The van der Waals surface area contributed by atoms with E-state index in [0.717, 1.165) is 76.2 Å². The van der Waals surface area contributed by atoms with E-state index in [4.69, 9.17) is 9.40 Å². The minimum Gasteiger partial charge on any atom is -0.464 e. The van der Waals surface area contributed by atoms with E-state index >= 15 is 0 Å². The molecule has 2 N–H and O–H groups in total. The van der Waals surface area contributed by atoms with E-state index in [1.54, 1.807) is 6.26 Å². The van der Waals surface area contributed by atoms with Crippen LogP contribution in [0.15, 0.2) is 71.6 Å². The maximum Gasteiger partial charge on any atom is 0.225 e. The summed E-state index contributed by atoms with van der Waals surface area (Å²) in [7, 11) is 0. The number of hydrogen-bond donors (Lipinski definition) is 2. The number of aliphatic hydroxyl groups excluding tert-OH is 1. The van der Waals surface area contributed by atoms with Crippen LogP contribution in [0.1, 0.15) is 42.8 Å². The molecule has 1 aliphatic rings. The molecule has 0 aliphatic carbocycles. The molecule has 6 rings (SSSR count). The average molecular weight is 521 g/mol. The van der Waals surface area contributed by atoms with Crippen LogP contribution in [0, 0.1) is 13.8 Å². The number of nitrogens with zero attached hydrogens (tertiary/aromatic N) is 5. The van der Waals surface area contributed by atoms with Crippen molar-refractivity contribution < 1.29 is 9.52 Å². The lowest BCUT2D eigenvalue weighted by Gasteiger charge is -2.29. The van der Waals surface area contributed by atoms with Gasteiger partial charge in [-0.3, -0.25) is 0 Å². The molecule has 1 aliphatic heterocycles. The Hall–Kier alpha value is -4.30. The van der Waals surface area contributed by atoms with Crippen LogP contribution in [0.5, 0.6) is 0 Å². The molecule has 1 unspecified atom stereocenters. The zero-order valence-electron chi connectivity index (χ0n) is 22.4. The number of nitrogens with one attached hydrogen (secondary N) is 1. The molecule has 1 saturated heterocycles. The van der Waals surface area contributed by atoms with Gasteiger partial charge in [0, 0.05) is 54.1 Å². The molecular weight excluding hydrogens is 488 g/mol. The Kier molecular flexibility index (Phi) is 6.70. The van der Waals surface area contributed by atoms with E-state index in [0.29, 0.717) is 11.8 Å². The Morgan fingerprint density at radius 2 is 1.74 bits per heavy atom. The molecular formula is C31H32N6O2. The standard InChI is InChI=1S/C31H32N6O2/c1-19-18-39-29-8-7-24(14-27(19)29)28-15-30(36-21(3)35-28)34-20(2)22-5-4-6-23(13-22)25-16-32-31(33-17-25)37-11-9-26(38)10-12-37/h4-8,13-18,20,26,38H,9-12H2,1-3H3,(H,34,35,36). The first-order chi connectivity index (χ1) is 18.9. The molecule has 1 fully saturated rings. The molecule has 8 nitrogen and oxygen atoms in total. The number of fused-ring (bicyclic) bond motifs is 1. The number of benzene rings is 2. The lowest BCUT2D eigenvalue weighted by molar-refractivity contribution is 0.145. The number of rotatable bonds is 6. The Bertz CT molecular complexity index is 1610. The molecule has 0 spiro atoms. The van der Waals surface area contributed by atoms with Crippen molar-refractivity contribution in [3.63, 3.8) is 0 Å². The number of aryl methyl sites for hydroxylation is 2. The van der Waals surface area contributed by atoms with Gasteiger partial charge in [-0.1, -0.05) is 18.2 Å². The van der Waals surface area contributed by atoms with Gasteiger partial charge in [0.05, 0.1) is 18.1 Å². The SMILES string of the molecule is Cc1nc(NC(C)c2cccc(-c3cnc(N4CCC(O)CC4)nc3)c2)cc(-c2ccc3occ(C)c3c2)n1. The van der Waals surface area contributed by atoms with Crippen molar-refractivity contribution in [2.75, 3.05) is 23.3 Å². The van der Waals surface area contributed by atoms with E-state index in [1.165, 1.54) is 0 Å². The van der Waals surface area contributed by atoms with Gasteiger partial charge in [-0.2, -0.15) is 0 Å². The summed E-state index contributed by atoms with van der Waals surface area (Å²) in [6.45, 7) is 7.64. The lowest BCUT2D eigenvalue weighted by Crippen LogP contribution is -2.36. The summed E-state index contributed by atoms with van der Waals surface area (Å²) in [6.07, 6.45) is 6.83. The van der Waals surface area contributed by atoms with Crippen LogP contribution in [0.2, 0.25) is 0 Å². The fourth-order valence-corrected chi connectivity index (χ4v) is 5.10. The van der Waals surface area contributed by atoms with Crippen LogP contribution < -0.4 is 10.2 Å². The van der Waals surface area contributed by atoms with Crippen molar-refractivity contribution in [3.8, 4) is 22.4 Å². The van der Waals surface area contributed by atoms with Crippen LogP contribution in [0.3, 0.4) is 0 Å². The smallest absolute Gasteiger partial charge is 0.225 e. The van der Waals surface area contributed by atoms with Crippen molar-refractivity contribution in [3.05, 3.63) is 84.1 Å². The highest BCUT2D eigenvalue weighted by Crippen LogP contribution is 2.29. The molecule has 0 saturated carbocycles. The molecule has 0 radical (unpaired) electrons. The van der Waals surface area contributed by atoms with Crippen molar-refractivity contribution in [1.82, 2.24) is 19.9 Å². The monoisotopic (exact) mass is 520 g/mol. The van der Waals surface area contributed by atoms with Crippen LogP contribution in [0.4, 0.5) is 11.8 Å². The number of hydrogen-bond acceptors (Lipinski definition) is 8. The summed E-state index contributed by atoms with van der Waals surface area (Å²) < 4.78 is 5.60. The zero-order chi connectivity index (χ0) is 26.9. The molecule has 39 heavy (non-hydrogen) atoms.